The van der Waals surface area contributed by atoms with E-state index in [1.165, 1.54) is 0 Å². The highest BCUT2D eigenvalue weighted by molar-refractivity contribution is 6.03. The number of carbonyl (C=O) groups excluding carboxylic acids is 1. The van der Waals surface area contributed by atoms with E-state index >= 15 is 0 Å². The van der Waals surface area contributed by atoms with Crippen LogP contribution in [0.4, 0.5) is 5.69 Å². The maximum absolute atomic E-state index is 12.1. The van der Waals surface area contributed by atoms with E-state index in [2.05, 4.69) is 10.3 Å². The molecule has 0 aliphatic rings. The molecule has 0 saturated carbocycles. The van der Waals surface area contributed by atoms with Crippen LogP contribution in [-0.2, 0) is 6.54 Å². The van der Waals surface area contributed by atoms with Gasteiger partial charge in [-0.3, -0.25) is 9.78 Å². The molecule has 1 aromatic carbocycles. The van der Waals surface area contributed by atoms with Crippen molar-refractivity contribution in [2.24, 2.45) is 5.73 Å². The molecular weight excluding hydrogens is 254 g/mol. The van der Waals surface area contributed by atoms with E-state index in [0.717, 1.165) is 22.6 Å². The molecule has 0 unspecified atom stereocenters. The lowest BCUT2D eigenvalue weighted by molar-refractivity contribution is 0.102. The average Bonchev–Trinajstić information content (AvgIpc) is 2.49. The van der Waals surface area contributed by atoms with Crippen LogP contribution in [0, 0.1) is 6.92 Å². The van der Waals surface area contributed by atoms with Crippen LogP contribution in [0.3, 0.4) is 0 Å². The van der Waals surface area contributed by atoms with Crippen molar-refractivity contribution >= 4 is 11.6 Å². The Morgan fingerprint density at radius 1 is 1.35 bits per heavy atom. The maximum Gasteiger partial charge on any atom is 0.274 e. The number of anilines is 1. The van der Waals surface area contributed by atoms with Gasteiger partial charge in [-0.05, 0) is 42.3 Å². The summed E-state index contributed by atoms with van der Waals surface area (Å²) in [6, 6.07) is 8.92. The molecule has 0 fully saturated rings. The zero-order chi connectivity index (χ0) is 14.5. The Bertz CT molecular complexity index is 609. The smallest absolute Gasteiger partial charge is 0.274 e. The molecule has 5 nitrogen and oxygen atoms in total. The normalized spacial score (nSPS) is 10.2. The van der Waals surface area contributed by atoms with Crippen LogP contribution in [0.2, 0.25) is 0 Å². The second-order valence-corrected chi connectivity index (χ2v) is 4.39. The van der Waals surface area contributed by atoms with E-state index in [1.807, 2.05) is 13.0 Å². The molecule has 1 aromatic heterocycles. The number of carbonyl (C=O) groups is 1. The topological polar surface area (TPSA) is 77.2 Å². The van der Waals surface area contributed by atoms with Gasteiger partial charge < -0.3 is 15.8 Å². The predicted molar refractivity (Wildman–Crippen MR) is 77.8 cm³/mol. The highest BCUT2D eigenvalue weighted by atomic mass is 16.5. The van der Waals surface area contributed by atoms with Gasteiger partial charge >= 0.3 is 0 Å². The summed E-state index contributed by atoms with van der Waals surface area (Å²) in [7, 11) is 1.61. The van der Waals surface area contributed by atoms with Crippen molar-refractivity contribution in [1.29, 1.82) is 0 Å². The van der Waals surface area contributed by atoms with E-state index in [0.29, 0.717) is 12.2 Å². The molecule has 5 heteroatoms. The number of rotatable bonds is 4. The quantitative estimate of drug-likeness (QED) is 0.892. The standard InChI is InChI=1S/C15H17N3O2/c1-10-7-12(20-2)4-6-13(10)18-15(19)14-5-3-11(8-16)9-17-14/h3-7,9H,8,16H2,1-2H3,(H,18,19). The molecule has 0 aliphatic heterocycles. The zero-order valence-electron chi connectivity index (χ0n) is 11.5. The fraction of sp³-hybridized carbons (Fsp3) is 0.200. The fourth-order valence-corrected chi connectivity index (χ4v) is 1.77. The second-order valence-electron chi connectivity index (χ2n) is 4.39. The van der Waals surface area contributed by atoms with Gasteiger partial charge in [-0.2, -0.15) is 0 Å². The molecule has 0 aliphatic carbocycles. The molecule has 20 heavy (non-hydrogen) atoms. The van der Waals surface area contributed by atoms with Crippen molar-refractivity contribution in [3.8, 4) is 5.75 Å². The highest BCUT2D eigenvalue weighted by Gasteiger charge is 2.09. The van der Waals surface area contributed by atoms with Gasteiger partial charge in [0.25, 0.3) is 5.91 Å². The summed E-state index contributed by atoms with van der Waals surface area (Å²) in [6.07, 6.45) is 1.61. The van der Waals surface area contributed by atoms with Crippen molar-refractivity contribution in [3.63, 3.8) is 0 Å². The van der Waals surface area contributed by atoms with Gasteiger partial charge in [0.15, 0.2) is 0 Å². The number of nitrogens with two attached hydrogens (primary N) is 1. The number of benzene rings is 1. The number of nitrogens with zero attached hydrogens (tertiary/aromatic N) is 1. The summed E-state index contributed by atoms with van der Waals surface area (Å²) in [5.74, 6) is 0.507. The third kappa shape index (κ3) is 3.13. The lowest BCUT2D eigenvalue weighted by atomic mass is 10.2. The van der Waals surface area contributed by atoms with Crippen molar-refractivity contribution in [2.45, 2.75) is 13.5 Å². The first-order valence-electron chi connectivity index (χ1n) is 6.25. The zero-order valence-corrected chi connectivity index (χ0v) is 11.5. The number of hydrogen-bond acceptors (Lipinski definition) is 4. The first-order valence-corrected chi connectivity index (χ1v) is 6.25. The number of aromatic nitrogens is 1. The van der Waals surface area contributed by atoms with Gasteiger partial charge in [0.2, 0.25) is 0 Å². The fourth-order valence-electron chi connectivity index (χ4n) is 1.77. The Morgan fingerprint density at radius 3 is 2.70 bits per heavy atom. The van der Waals surface area contributed by atoms with Crippen LogP contribution in [-0.4, -0.2) is 18.0 Å². The summed E-state index contributed by atoms with van der Waals surface area (Å²) in [5, 5.41) is 2.83. The SMILES string of the molecule is COc1ccc(NC(=O)c2ccc(CN)cn2)c(C)c1. The van der Waals surface area contributed by atoms with Crippen LogP contribution in [0.15, 0.2) is 36.5 Å². The van der Waals surface area contributed by atoms with Crippen LogP contribution in [0.25, 0.3) is 0 Å². The third-order valence-electron chi connectivity index (χ3n) is 2.97. The summed E-state index contributed by atoms with van der Waals surface area (Å²) < 4.78 is 5.13. The van der Waals surface area contributed by atoms with Crippen molar-refractivity contribution < 1.29 is 9.53 Å². The molecule has 0 spiro atoms. The first kappa shape index (κ1) is 14.0. The number of aryl methyl sites for hydroxylation is 1. The molecule has 0 atom stereocenters. The Hall–Kier alpha value is -2.40. The average molecular weight is 271 g/mol. The van der Waals surface area contributed by atoms with Crippen molar-refractivity contribution in [3.05, 3.63) is 53.3 Å². The Labute approximate surface area is 117 Å². The minimum atomic E-state index is -0.248. The molecule has 1 heterocycles. The lowest BCUT2D eigenvalue weighted by Gasteiger charge is -2.09. The van der Waals surface area contributed by atoms with Crippen LogP contribution in [0.1, 0.15) is 21.6 Å². The van der Waals surface area contributed by atoms with E-state index in [9.17, 15) is 4.79 Å². The van der Waals surface area contributed by atoms with Crippen LogP contribution < -0.4 is 15.8 Å². The van der Waals surface area contributed by atoms with Crippen LogP contribution in [0.5, 0.6) is 5.75 Å². The Morgan fingerprint density at radius 2 is 2.15 bits per heavy atom. The number of hydrogen-bond donors (Lipinski definition) is 2. The third-order valence-corrected chi connectivity index (χ3v) is 2.97. The molecule has 0 radical (unpaired) electrons. The minimum Gasteiger partial charge on any atom is -0.497 e. The van der Waals surface area contributed by atoms with Gasteiger partial charge in [-0.1, -0.05) is 6.07 Å². The molecule has 2 aromatic rings. The van der Waals surface area contributed by atoms with Gasteiger partial charge in [-0.15, -0.1) is 0 Å². The molecule has 104 valence electrons. The number of amides is 1. The number of methoxy groups -OCH3 is 1. The molecule has 0 saturated heterocycles. The monoisotopic (exact) mass is 271 g/mol. The summed E-state index contributed by atoms with van der Waals surface area (Å²) >= 11 is 0. The van der Waals surface area contributed by atoms with Crippen molar-refractivity contribution in [1.82, 2.24) is 4.98 Å². The highest BCUT2D eigenvalue weighted by Crippen LogP contribution is 2.21. The molecule has 2 rings (SSSR count). The number of nitrogens with one attached hydrogen (secondary N) is 1. The largest absolute Gasteiger partial charge is 0.497 e. The van der Waals surface area contributed by atoms with Gasteiger partial charge in [0.1, 0.15) is 11.4 Å². The lowest BCUT2D eigenvalue weighted by Crippen LogP contribution is -2.14. The summed E-state index contributed by atoms with van der Waals surface area (Å²) in [4.78, 5) is 16.2. The maximum atomic E-state index is 12.1. The van der Waals surface area contributed by atoms with E-state index < -0.39 is 0 Å². The number of pyridine rings is 1. The Kier molecular flexibility index (Phi) is 4.32. The second kappa shape index (κ2) is 6.16. The van der Waals surface area contributed by atoms with Crippen LogP contribution >= 0.6 is 0 Å². The first-order chi connectivity index (χ1) is 9.63. The van der Waals surface area contributed by atoms with Gasteiger partial charge in [-0.25, -0.2) is 0 Å². The summed E-state index contributed by atoms with van der Waals surface area (Å²) in [6.45, 7) is 2.32. The van der Waals surface area contributed by atoms with Gasteiger partial charge in [0, 0.05) is 18.4 Å². The molecule has 0 bridgehead atoms. The predicted octanol–water partition coefficient (Wildman–Crippen LogP) is 2.11. The molecule has 1 amide bonds. The summed E-state index contributed by atoms with van der Waals surface area (Å²) in [5.41, 5.74) is 8.41. The van der Waals surface area contributed by atoms with E-state index in [1.54, 1.807) is 37.6 Å². The molecular formula is C15H17N3O2. The molecule has 3 N–H and O–H groups in total. The minimum absolute atomic E-state index is 0.248. The van der Waals surface area contributed by atoms with Crippen molar-refractivity contribution in [2.75, 3.05) is 12.4 Å². The van der Waals surface area contributed by atoms with E-state index in [-0.39, 0.29) is 5.91 Å². The number of ether oxygens (including phenoxy) is 1. The Balaban J connectivity index is 2.14. The van der Waals surface area contributed by atoms with Gasteiger partial charge in [0.05, 0.1) is 7.11 Å². The van der Waals surface area contributed by atoms with E-state index in [4.69, 9.17) is 10.5 Å².